The van der Waals surface area contributed by atoms with E-state index in [1.807, 2.05) is 13.8 Å². The van der Waals surface area contributed by atoms with Crippen LogP contribution >= 0.6 is 0 Å². The number of likely N-dealkylation sites (N-methyl/N-ethyl adjacent to an activating group) is 1. The van der Waals surface area contributed by atoms with Crippen molar-refractivity contribution in [2.75, 3.05) is 45.1 Å². The van der Waals surface area contributed by atoms with E-state index in [1.54, 1.807) is 18.2 Å². The molecule has 31 heavy (non-hydrogen) atoms. The Bertz CT molecular complexity index is 930. The van der Waals surface area contributed by atoms with E-state index >= 15 is 0 Å². The Balaban J connectivity index is 1.55. The van der Waals surface area contributed by atoms with Crippen molar-refractivity contribution >= 4 is 21.6 Å². The summed E-state index contributed by atoms with van der Waals surface area (Å²) in [4.78, 5) is 17.1. The van der Waals surface area contributed by atoms with Crippen molar-refractivity contribution < 1.29 is 13.2 Å². The molecule has 8 heteroatoms. The summed E-state index contributed by atoms with van der Waals surface area (Å²) in [6.45, 7) is 8.46. The van der Waals surface area contributed by atoms with Gasteiger partial charge in [0.1, 0.15) is 0 Å². The third-order valence-electron chi connectivity index (χ3n) is 7.46. The van der Waals surface area contributed by atoms with Crippen LogP contribution in [0.5, 0.6) is 0 Å². The van der Waals surface area contributed by atoms with E-state index in [-0.39, 0.29) is 16.3 Å². The summed E-state index contributed by atoms with van der Waals surface area (Å²) in [6.07, 6.45) is 5.98. The van der Waals surface area contributed by atoms with Gasteiger partial charge in [0.15, 0.2) is 0 Å². The summed E-state index contributed by atoms with van der Waals surface area (Å²) >= 11 is 0. The Kier molecular flexibility index (Phi) is 6.20. The topological polar surface area (TPSA) is 81.8 Å². The summed E-state index contributed by atoms with van der Waals surface area (Å²) in [5.41, 5.74) is 1.10. The number of anilines is 1. The Morgan fingerprint density at radius 2 is 1.74 bits per heavy atom. The van der Waals surface area contributed by atoms with Crippen LogP contribution in [0.25, 0.3) is 0 Å². The highest BCUT2D eigenvalue weighted by molar-refractivity contribution is 7.89. The second kappa shape index (κ2) is 8.46. The number of benzene rings is 1. The first-order chi connectivity index (χ1) is 14.6. The highest BCUT2D eigenvalue weighted by Gasteiger charge is 2.40. The van der Waals surface area contributed by atoms with Gasteiger partial charge < -0.3 is 10.2 Å². The van der Waals surface area contributed by atoms with Gasteiger partial charge in [-0.15, -0.1) is 0 Å². The Morgan fingerprint density at radius 3 is 2.42 bits per heavy atom. The van der Waals surface area contributed by atoms with Crippen LogP contribution in [0.4, 0.5) is 5.69 Å². The monoisotopic (exact) mass is 448 g/mol. The Morgan fingerprint density at radius 1 is 1.06 bits per heavy atom. The Labute approximate surface area is 186 Å². The van der Waals surface area contributed by atoms with Crippen LogP contribution < -0.4 is 10.0 Å². The molecule has 1 aliphatic carbocycles. The van der Waals surface area contributed by atoms with E-state index in [0.717, 1.165) is 57.4 Å². The van der Waals surface area contributed by atoms with Gasteiger partial charge in [-0.2, -0.15) is 0 Å². The van der Waals surface area contributed by atoms with Crippen molar-refractivity contribution in [2.45, 2.75) is 68.2 Å². The number of nitrogens with one attached hydrogen (secondary N) is 2. The van der Waals surface area contributed by atoms with Crippen LogP contribution in [0.3, 0.4) is 0 Å². The van der Waals surface area contributed by atoms with Gasteiger partial charge in [-0.1, -0.05) is 33.1 Å². The molecule has 2 aliphatic heterocycles. The lowest BCUT2D eigenvalue weighted by Gasteiger charge is -2.49. The molecular formula is C23H36N4O3S. The van der Waals surface area contributed by atoms with E-state index in [9.17, 15) is 13.2 Å². The lowest BCUT2D eigenvalue weighted by atomic mass is 9.78. The zero-order valence-electron chi connectivity index (χ0n) is 19.0. The van der Waals surface area contributed by atoms with Crippen LogP contribution in [-0.4, -0.2) is 69.4 Å². The molecule has 0 radical (unpaired) electrons. The van der Waals surface area contributed by atoms with E-state index in [0.29, 0.717) is 18.7 Å². The number of carbonyl (C=O) groups excluding carboxylic acids is 1. The number of fused-ring (bicyclic) bond motifs is 1. The molecule has 2 fully saturated rings. The summed E-state index contributed by atoms with van der Waals surface area (Å²) in [7, 11) is -1.50. The van der Waals surface area contributed by atoms with E-state index in [4.69, 9.17) is 0 Å². The fourth-order valence-electron chi connectivity index (χ4n) is 5.46. The van der Waals surface area contributed by atoms with Crippen LogP contribution in [0.2, 0.25) is 0 Å². The number of sulfonamides is 1. The molecule has 7 nitrogen and oxygen atoms in total. The fraction of sp³-hybridized carbons (Fsp3) is 0.696. The van der Waals surface area contributed by atoms with Crippen LogP contribution in [-0.2, 0) is 20.2 Å². The normalized spacial score (nSPS) is 24.4. The lowest BCUT2D eigenvalue weighted by Crippen LogP contribution is -2.61. The minimum Gasteiger partial charge on any atom is -0.326 e. The molecule has 0 bridgehead atoms. The maximum absolute atomic E-state index is 13.3. The second-order valence-electron chi connectivity index (χ2n) is 10.2. The Hall–Kier alpha value is -1.48. The maximum atomic E-state index is 13.3. The molecule has 4 rings (SSSR count). The number of piperazine rings is 1. The highest BCUT2D eigenvalue weighted by atomic mass is 32.2. The number of nitrogens with zero attached hydrogens (tertiary/aromatic N) is 2. The minimum absolute atomic E-state index is 0.0300. The molecule has 0 aromatic heterocycles. The molecule has 2 heterocycles. The molecule has 0 atom stereocenters. The molecule has 2 N–H and O–H groups in total. The molecule has 0 unspecified atom stereocenters. The van der Waals surface area contributed by atoms with Crippen molar-refractivity contribution in [3.8, 4) is 0 Å². The van der Waals surface area contributed by atoms with Crippen molar-refractivity contribution in [2.24, 2.45) is 0 Å². The van der Waals surface area contributed by atoms with Gasteiger partial charge in [0.05, 0.1) is 4.90 Å². The van der Waals surface area contributed by atoms with Gasteiger partial charge >= 0.3 is 0 Å². The van der Waals surface area contributed by atoms with Gasteiger partial charge in [0, 0.05) is 55.8 Å². The average molecular weight is 449 g/mol. The lowest BCUT2D eigenvalue weighted by molar-refractivity contribution is -0.117. The van der Waals surface area contributed by atoms with E-state index < -0.39 is 15.4 Å². The van der Waals surface area contributed by atoms with Crippen LogP contribution in [0.15, 0.2) is 23.1 Å². The smallest absolute Gasteiger partial charge is 0.240 e. The van der Waals surface area contributed by atoms with Gasteiger partial charge in [0.2, 0.25) is 15.9 Å². The highest BCUT2D eigenvalue weighted by Crippen LogP contribution is 2.39. The average Bonchev–Trinajstić information content (AvgIpc) is 2.72. The van der Waals surface area contributed by atoms with Crippen molar-refractivity contribution in [3.63, 3.8) is 0 Å². The third kappa shape index (κ3) is 4.67. The first kappa shape index (κ1) is 22.7. The SMILES string of the molecule is CN1CCN(C2(CNS(=O)(=O)c3ccc4c(c3)C(C)(C)CC(=O)N4)CCCCC2)CC1. The summed E-state index contributed by atoms with van der Waals surface area (Å²) in [5, 5.41) is 2.87. The summed E-state index contributed by atoms with van der Waals surface area (Å²) in [5.74, 6) is -0.0300. The molecule has 1 saturated carbocycles. The van der Waals surface area contributed by atoms with Gasteiger partial charge in [-0.25, -0.2) is 13.1 Å². The van der Waals surface area contributed by atoms with Crippen molar-refractivity contribution in [3.05, 3.63) is 23.8 Å². The second-order valence-corrected chi connectivity index (χ2v) is 12.0. The number of amides is 1. The standard InChI is InChI=1S/C23H36N4O3S/c1-22(2)16-21(28)25-20-8-7-18(15-19(20)22)31(29,30)24-17-23(9-5-4-6-10-23)27-13-11-26(3)12-14-27/h7-8,15,24H,4-6,9-14,16-17H2,1-3H3,(H,25,28). The van der Waals surface area contributed by atoms with Gasteiger partial charge in [0.25, 0.3) is 0 Å². The van der Waals surface area contributed by atoms with Crippen LogP contribution in [0.1, 0.15) is 57.9 Å². The first-order valence-electron chi connectivity index (χ1n) is 11.5. The molecule has 172 valence electrons. The molecule has 1 aromatic carbocycles. The number of hydrogen-bond acceptors (Lipinski definition) is 5. The molecule has 1 saturated heterocycles. The third-order valence-corrected chi connectivity index (χ3v) is 8.86. The summed E-state index contributed by atoms with van der Waals surface area (Å²) < 4.78 is 29.5. The maximum Gasteiger partial charge on any atom is 0.240 e. The zero-order chi connectivity index (χ0) is 22.3. The molecule has 1 amide bonds. The quantitative estimate of drug-likeness (QED) is 0.723. The van der Waals surface area contributed by atoms with E-state index in [2.05, 4.69) is 26.9 Å². The predicted molar refractivity (Wildman–Crippen MR) is 123 cm³/mol. The largest absolute Gasteiger partial charge is 0.326 e. The first-order valence-corrected chi connectivity index (χ1v) is 13.0. The zero-order valence-corrected chi connectivity index (χ0v) is 19.9. The molecule has 3 aliphatic rings. The van der Waals surface area contributed by atoms with Crippen molar-refractivity contribution in [1.82, 2.24) is 14.5 Å². The fourth-order valence-corrected chi connectivity index (χ4v) is 6.60. The molecule has 1 aromatic rings. The minimum atomic E-state index is -3.64. The molecule has 0 spiro atoms. The number of rotatable bonds is 5. The number of carbonyl (C=O) groups is 1. The van der Waals surface area contributed by atoms with Gasteiger partial charge in [-0.05, 0) is 43.7 Å². The van der Waals surface area contributed by atoms with Gasteiger partial charge in [-0.3, -0.25) is 9.69 Å². The predicted octanol–water partition coefficient (Wildman–Crippen LogP) is 2.53. The van der Waals surface area contributed by atoms with Crippen LogP contribution in [0, 0.1) is 0 Å². The van der Waals surface area contributed by atoms with Crippen molar-refractivity contribution in [1.29, 1.82) is 0 Å². The molecular weight excluding hydrogens is 412 g/mol. The number of hydrogen-bond donors (Lipinski definition) is 2. The summed E-state index contributed by atoms with van der Waals surface area (Å²) in [6, 6.07) is 5.06. The van der Waals surface area contributed by atoms with E-state index in [1.165, 1.54) is 6.42 Å².